The number of carbonyl (C=O) groups excluding carboxylic acids is 1. The lowest BCUT2D eigenvalue weighted by Crippen LogP contribution is -2.45. The number of sulfonamides is 1. The average Bonchev–Trinajstić information content (AvgIpc) is 2.83. The SMILES string of the molecule is COc1cc(CN(C)C(=O)[C@@H]2CCCN(S(=O)(=O)c3ccc(Br)cc3)C2)cc(OC)c1OC. The van der Waals surface area contributed by atoms with Gasteiger partial charge in [0.25, 0.3) is 0 Å². The molecule has 1 amide bonds. The van der Waals surface area contributed by atoms with Crippen LogP contribution in [0.15, 0.2) is 45.8 Å². The average molecular weight is 541 g/mol. The minimum Gasteiger partial charge on any atom is -0.493 e. The zero-order chi connectivity index (χ0) is 24.2. The van der Waals surface area contributed by atoms with Crippen molar-refractivity contribution in [1.82, 2.24) is 9.21 Å². The van der Waals surface area contributed by atoms with Crippen LogP contribution in [-0.2, 0) is 21.4 Å². The molecule has 2 aromatic carbocycles. The largest absolute Gasteiger partial charge is 0.493 e. The maximum absolute atomic E-state index is 13.2. The van der Waals surface area contributed by atoms with Gasteiger partial charge in [-0.05, 0) is 54.8 Å². The van der Waals surface area contributed by atoms with E-state index in [-0.39, 0.29) is 17.3 Å². The highest BCUT2D eigenvalue weighted by Crippen LogP contribution is 2.38. The number of halogens is 1. The summed E-state index contributed by atoms with van der Waals surface area (Å²) < 4.78 is 44.5. The van der Waals surface area contributed by atoms with Crippen LogP contribution in [0.2, 0.25) is 0 Å². The van der Waals surface area contributed by atoms with E-state index in [2.05, 4.69) is 15.9 Å². The normalized spacial score (nSPS) is 16.8. The molecule has 1 saturated heterocycles. The molecular formula is C23H29BrN2O6S. The Bertz CT molecular complexity index is 1070. The van der Waals surface area contributed by atoms with E-state index in [9.17, 15) is 13.2 Å². The molecule has 1 aliphatic heterocycles. The Morgan fingerprint density at radius 1 is 1.09 bits per heavy atom. The van der Waals surface area contributed by atoms with E-state index >= 15 is 0 Å². The van der Waals surface area contributed by atoms with E-state index in [4.69, 9.17) is 14.2 Å². The number of carbonyl (C=O) groups is 1. The van der Waals surface area contributed by atoms with Gasteiger partial charge in [0.05, 0.1) is 32.1 Å². The fraction of sp³-hybridized carbons (Fsp3) is 0.435. The molecule has 1 fully saturated rings. The zero-order valence-corrected chi connectivity index (χ0v) is 21.6. The quantitative estimate of drug-likeness (QED) is 0.509. The van der Waals surface area contributed by atoms with Crippen LogP contribution in [0.5, 0.6) is 17.2 Å². The van der Waals surface area contributed by atoms with Crippen molar-refractivity contribution in [3.63, 3.8) is 0 Å². The monoisotopic (exact) mass is 540 g/mol. The molecule has 0 unspecified atom stereocenters. The van der Waals surface area contributed by atoms with Crippen molar-refractivity contribution in [3.05, 3.63) is 46.4 Å². The fourth-order valence-electron chi connectivity index (χ4n) is 4.01. The molecule has 0 saturated carbocycles. The molecule has 2 aromatic rings. The number of ether oxygens (including phenoxy) is 3. The van der Waals surface area contributed by atoms with Crippen LogP contribution in [0.3, 0.4) is 0 Å². The summed E-state index contributed by atoms with van der Waals surface area (Å²) in [5.74, 6) is 1.00. The summed E-state index contributed by atoms with van der Waals surface area (Å²) in [4.78, 5) is 15.0. The Hall–Kier alpha value is -2.30. The van der Waals surface area contributed by atoms with Crippen LogP contribution in [0.25, 0.3) is 0 Å². The van der Waals surface area contributed by atoms with Gasteiger partial charge in [0.15, 0.2) is 11.5 Å². The van der Waals surface area contributed by atoms with Gasteiger partial charge < -0.3 is 19.1 Å². The second kappa shape index (κ2) is 10.8. The molecule has 0 aliphatic carbocycles. The molecule has 33 heavy (non-hydrogen) atoms. The van der Waals surface area contributed by atoms with E-state index in [0.717, 1.165) is 10.0 Å². The summed E-state index contributed by atoms with van der Waals surface area (Å²) in [6, 6.07) is 10.1. The number of piperidine rings is 1. The summed E-state index contributed by atoms with van der Waals surface area (Å²) in [6.07, 6.45) is 1.27. The molecule has 180 valence electrons. The highest BCUT2D eigenvalue weighted by molar-refractivity contribution is 9.10. The van der Waals surface area contributed by atoms with E-state index in [0.29, 0.717) is 43.2 Å². The molecule has 10 heteroatoms. The molecule has 1 atom stereocenters. The van der Waals surface area contributed by atoms with Gasteiger partial charge in [-0.3, -0.25) is 4.79 Å². The zero-order valence-electron chi connectivity index (χ0n) is 19.2. The van der Waals surface area contributed by atoms with Gasteiger partial charge in [-0.1, -0.05) is 15.9 Å². The highest BCUT2D eigenvalue weighted by atomic mass is 79.9. The van der Waals surface area contributed by atoms with Crippen LogP contribution in [0.4, 0.5) is 0 Å². The first-order valence-corrected chi connectivity index (χ1v) is 12.7. The predicted molar refractivity (Wildman–Crippen MR) is 128 cm³/mol. The molecule has 3 rings (SSSR count). The van der Waals surface area contributed by atoms with Gasteiger partial charge in [-0.25, -0.2) is 8.42 Å². The van der Waals surface area contributed by atoms with Crippen molar-refractivity contribution < 1.29 is 27.4 Å². The van der Waals surface area contributed by atoms with E-state index in [1.165, 1.54) is 11.4 Å². The molecule has 8 nitrogen and oxygen atoms in total. The Kier molecular flexibility index (Phi) is 8.25. The second-order valence-corrected chi connectivity index (χ2v) is 10.7. The predicted octanol–water partition coefficient (Wildman–Crippen LogP) is 3.53. The lowest BCUT2D eigenvalue weighted by Gasteiger charge is -2.33. The Morgan fingerprint density at radius 3 is 2.24 bits per heavy atom. The molecule has 0 spiro atoms. The second-order valence-electron chi connectivity index (χ2n) is 7.88. The maximum atomic E-state index is 13.2. The summed E-state index contributed by atoms with van der Waals surface area (Å²) in [5, 5.41) is 0. The topological polar surface area (TPSA) is 85.4 Å². The number of hydrogen-bond acceptors (Lipinski definition) is 6. The van der Waals surface area contributed by atoms with Crippen molar-refractivity contribution in [1.29, 1.82) is 0 Å². The van der Waals surface area contributed by atoms with E-state index in [1.807, 2.05) is 0 Å². The number of amides is 1. The van der Waals surface area contributed by atoms with Gasteiger partial charge in [-0.2, -0.15) is 4.31 Å². The van der Waals surface area contributed by atoms with Crippen molar-refractivity contribution >= 4 is 31.9 Å². The first-order valence-electron chi connectivity index (χ1n) is 10.5. The summed E-state index contributed by atoms with van der Waals surface area (Å²) >= 11 is 3.32. The van der Waals surface area contributed by atoms with Crippen molar-refractivity contribution in [3.8, 4) is 17.2 Å². The number of hydrogen-bond donors (Lipinski definition) is 0. The van der Waals surface area contributed by atoms with Gasteiger partial charge in [-0.15, -0.1) is 0 Å². The molecule has 0 N–H and O–H groups in total. The van der Waals surface area contributed by atoms with Crippen LogP contribution < -0.4 is 14.2 Å². The molecule has 0 radical (unpaired) electrons. The summed E-state index contributed by atoms with van der Waals surface area (Å²) in [7, 11) is 2.67. The van der Waals surface area contributed by atoms with Crippen molar-refractivity contribution in [2.24, 2.45) is 5.92 Å². The number of nitrogens with zero attached hydrogens (tertiary/aromatic N) is 2. The van der Waals surface area contributed by atoms with Crippen molar-refractivity contribution in [2.75, 3.05) is 41.5 Å². The molecular weight excluding hydrogens is 512 g/mol. The first-order chi connectivity index (χ1) is 15.7. The van der Waals surface area contributed by atoms with Gasteiger partial charge in [0, 0.05) is 31.2 Å². The number of rotatable bonds is 8. The van der Waals surface area contributed by atoms with Gasteiger partial charge in [0.2, 0.25) is 21.7 Å². The minimum absolute atomic E-state index is 0.0977. The standard InChI is InChI=1S/C23H29BrN2O6S/c1-25(14-16-12-20(30-2)22(32-4)21(13-16)31-3)23(27)17-6-5-11-26(15-17)33(28,29)19-9-7-18(24)8-10-19/h7-10,12-13,17H,5-6,11,14-15H2,1-4H3/t17-/m1/s1. The fourth-order valence-corrected chi connectivity index (χ4v) is 5.80. The Labute approximate surface area is 203 Å². The third-order valence-corrected chi connectivity index (χ3v) is 8.11. The van der Waals surface area contributed by atoms with Crippen molar-refractivity contribution in [2.45, 2.75) is 24.3 Å². The lowest BCUT2D eigenvalue weighted by molar-refractivity contribution is -0.135. The molecule has 1 aliphatic rings. The number of benzene rings is 2. The van der Waals surface area contributed by atoms with E-state index in [1.54, 1.807) is 62.6 Å². The maximum Gasteiger partial charge on any atom is 0.243 e. The molecule has 0 bridgehead atoms. The lowest BCUT2D eigenvalue weighted by atomic mass is 9.98. The third-order valence-electron chi connectivity index (χ3n) is 5.71. The van der Waals surface area contributed by atoms with Gasteiger partial charge in [0.1, 0.15) is 0 Å². The smallest absolute Gasteiger partial charge is 0.243 e. The Balaban J connectivity index is 1.73. The third kappa shape index (κ3) is 5.62. The number of methoxy groups -OCH3 is 3. The summed E-state index contributed by atoms with van der Waals surface area (Å²) in [6.45, 7) is 0.890. The first kappa shape index (κ1) is 25.3. The van der Waals surface area contributed by atoms with Crippen LogP contribution in [0, 0.1) is 5.92 Å². The summed E-state index contributed by atoms with van der Waals surface area (Å²) in [5.41, 5.74) is 0.815. The van der Waals surface area contributed by atoms with Crippen LogP contribution in [-0.4, -0.2) is 65.0 Å². The molecule has 1 heterocycles. The van der Waals surface area contributed by atoms with Crippen LogP contribution in [0.1, 0.15) is 18.4 Å². The molecule has 0 aromatic heterocycles. The highest BCUT2D eigenvalue weighted by Gasteiger charge is 2.34. The van der Waals surface area contributed by atoms with E-state index < -0.39 is 15.9 Å². The minimum atomic E-state index is -3.66. The Morgan fingerprint density at radius 2 is 1.70 bits per heavy atom. The van der Waals surface area contributed by atoms with Crippen LogP contribution >= 0.6 is 15.9 Å². The van der Waals surface area contributed by atoms with Gasteiger partial charge >= 0.3 is 0 Å².